The third kappa shape index (κ3) is 8.18. The Morgan fingerprint density at radius 1 is 1.21 bits per heavy atom. The van der Waals surface area contributed by atoms with E-state index in [0.717, 1.165) is 41.6 Å². The van der Waals surface area contributed by atoms with E-state index in [1.165, 1.54) is 13.1 Å². The molecule has 184 valence electrons. The van der Waals surface area contributed by atoms with E-state index in [9.17, 15) is 29.1 Å². The predicted molar refractivity (Wildman–Crippen MR) is 121 cm³/mol. The lowest BCUT2D eigenvalue weighted by molar-refractivity contribution is -0.158. The summed E-state index contributed by atoms with van der Waals surface area (Å²) in [5, 5.41) is 9.95. The quantitative estimate of drug-likeness (QED) is 0.530. The van der Waals surface area contributed by atoms with Gasteiger partial charge in [0, 0.05) is 18.3 Å². The van der Waals surface area contributed by atoms with Gasteiger partial charge in [-0.05, 0) is 40.0 Å². The molecule has 2 rings (SSSR count). The van der Waals surface area contributed by atoms with Crippen molar-refractivity contribution in [3.8, 4) is 0 Å². The summed E-state index contributed by atoms with van der Waals surface area (Å²) in [6, 6.07) is -1.12. The van der Waals surface area contributed by atoms with Gasteiger partial charge in [-0.2, -0.15) is 0 Å². The van der Waals surface area contributed by atoms with E-state index < -0.39 is 47.3 Å². The van der Waals surface area contributed by atoms with Crippen molar-refractivity contribution >= 4 is 17.8 Å². The molecule has 1 aliphatic carbocycles. The molecule has 1 atom stereocenters. The number of aromatic nitrogens is 2. The minimum atomic E-state index is -1.15. The fourth-order valence-corrected chi connectivity index (χ4v) is 4.13. The number of aryl methyl sites for hydroxylation is 1. The molecular weight excluding hydrogens is 430 g/mol. The van der Waals surface area contributed by atoms with Crippen LogP contribution in [0.3, 0.4) is 0 Å². The van der Waals surface area contributed by atoms with E-state index in [2.05, 4.69) is 4.98 Å². The first-order valence-electron chi connectivity index (χ1n) is 11.4. The molecule has 10 nitrogen and oxygen atoms in total. The highest BCUT2D eigenvalue weighted by Gasteiger charge is 2.33. The second-order valence-electron chi connectivity index (χ2n) is 9.72. The first kappa shape index (κ1) is 26.3. The van der Waals surface area contributed by atoms with Gasteiger partial charge in [0.2, 0.25) is 5.91 Å². The number of hydrogen-bond acceptors (Lipinski definition) is 6. The van der Waals surface area contributed by atoms with Gasteiger partial charge in [-0.1, -0.05) is 32.1 Å². The van der Waals surface area contributed by atoms with Gasteiger partial charge in [-0.15, -0.1) is 0 Å². The molecule has 1 aromatic rings. The summed E-state index contributed by atoms with van der Waals surface area (Å²) in [4.78, 5) is 64.7. The number of carbonyl (C=O) groups excluding carboxylic acids is 2. The summed E-state index contributed by atoms with van der Waals surface area (Å²) >= 11 is 0. The normalized spacial score (nSPS) is 15.6. The van der Waals surface area contributed by atoms with Gasteiger partial charge in [0.15, 0.2) is 0 Å². The van der Waals surface area contributed by atoms with Gasteiger partial charge in [-0.3, -0.25) is 23.9 Å². The third-order valence-corrected chi connectivity index (χ3v) is 5.73. The van der Waals surface area contributed by atoms with Crippen molar-refractivity contribution in [1.29, 1.82) is 0 Å². The molecule has 1 amide bonds. The lowest BCUT2D eigenvalue weighted by Crippen LogP contribution is -2.49. The lowest BCUT2D eigenvalue weighted by atomic mass is 9.84. The van der Waals surface area contributed by atoms with Crippen molar-refractivity contribution in [1.82, 2.24) is 14.5 Å². The van der Waals surface area contributed by atoms with E-state index in [1.807, 2.05) is 0 Å². The Morgan fingerprint density at radius 3 is 2.42 bits per heavy atom. The van der Waals surface area contributed by atoms with Gasteiger partial charge >= 0.3 is 17.6 Å². The number of nitrogens with zero attached hydrogens (tertiary/aromatic N) is 2. The zero-order valence-corrected chi connectivity index (χ0v) is 19.9. The van der Waals surface area contributed by atoms with Crippen LogP contribution in [0.4, 0.5) is 0 Å². The second-order valence-corrected chi connectivity index (χ2v) is 9.72. The number of hydrogen-bond donors (Lipinski definition) is 2. The van der Waals surface area contributed by atoms with Gasteiger partial charge in [0.05, 0.1) is 6.42 Å². The van der Waals surface area contributed by atoms with Crippen LogP contribution in [0.25, 0.3) is 0 Å². The van der Waals surface area contributed by atoms with E-state index in [1.54, 1.807) is 20.8 Å². The number of esters is 1. The van der Waals surface area contributed by atoms with Gasteiger partial charge in [0.1, 0.15) is 18.2 Å². The minimum Gasteiger partial charge on any atom is -0.480 e. The molecule has 1 saturated carbocycles. The number of amides is 1. The summed E-state index contributed by atoms with van der Waals surface area (Å²) in [5.74, 6) is -2.13. The minimum absolute atomic E-state index is 0.144. The summed E-state index contributed by atoms with van der Waals surface area (Å²) < 4.78 is 6.35. The number of aliphatic carboxylic acids is 1. The van der Waals surface area contributed by atoms with Crippen LogP contribution in [0, 0.1) is 12.8 Å². The Bertz CT molecular complexity index is 967. The standard InChI is InChI=1S/C23H35N3O7/c1-15-13-25(22(32)24-20(15)29)14-18(27)26(11-10-19(28)33-23(2,3)4)17(21(30)31)12-16-8-6-5-7-9-16/h13,16-17H,5-12,14H2,1-4H3,(H,30,31)(H,24,29,32)/t17-/m1/s1. The summed E-state index contributed by atoms with van der Waals surface area (Å²) in [5.41, 5.74) is -1.77. The van der Waals surface area contributed by atoms with Crippen LogP contribution in [0.15, 0.2) is 15.8 Å². The molecule has 0 unspecified atom stereocenters. The van der Waals surface area contributed by atoms with E-state index in [0.29, 0.717) is 0 Å². The second kappa shape index (κ2) is 11.3. The van der Waals surface area contributed by atoms with Gasteiger partial charge in [-0.25, -0.2) is 9.59 Å². The van der Waals surface area contributed by atoms with Crippen LogP contribution in [-0.2, 0) is 25.7 Å². The number of rotatable bonds is 9. The molecule has 2 N–H and O–H groups in total. The van der Waals surface area contributed by atoms with Crippen LogP contribution in [-0.4, -0.2) is 55.6 Å². The summed E-state index contributed by atoms with van der Waals surface area (Å²) in [6.45, 7) is 6.09. The van der Waals surface area contributed by atoms with E-state index in [4.69, 9.17) is 4.74 Å². The Morgan fingerprint density at radius 2 is 1.85 bits per heavy atom. The van der Waals surface area contributed by atoms with Crippen LogP contribution >= 0.6 is 0 Å². The van der Waals surface area contributed by atoms with Crippen molar-refractivity contribution in [2.24, 2.45) is 5.92 Å². The zero-order valence-electron chi connectivity index (χ0n) is 19.9. The number of H-pyrrole nitrogens is 1. The molecule has 0 bridgehead atoms. The van der Waals surface area contributed by atoms with Crippen molar-refractivity contribution in [3.05, 3.63) is 32.6 Å². The maximum atomic E-state index is 13.2. The smallest absolute Gasteiger partial charge is 0.328 e. The Hall–Kier alpha value is -2.91. The van der Waals surface area contributed by atoms with Crippen molar-refractivity contribution in [2.45, 2.75) is 90.8 Å². The van der Waals surface area contributed by atoms with E-state index in [-0.39, 0.29) is 30.9 Å². The molecule has 33 heavy (non-hydrogen) atoms. The highest BCUT2D eigenvalue weighted by molar-refractivity contribution is 5.84. The maximum Gasteiger partial charge on any atom is 0.328 e. The lowest BCUT2D eigenvalue weighted by Gasteiger charge is -2.33. The maximum absolute atomic E-state index is 13.2. The summed E-state index contributed by atoms with van der Waals surface area (Å²) in [6.07, 6.45) is 6.34. The average molecular weight is 466 g/mol. The summed E-state index contributed by atoms with van der Waals surface area (Å²) in [7, 11) is 0. The first-order chi connectivity index (χ1) is 15.4. The van der Waals surface area contributed by atoms with Crippen molar-refractivity contribution in [3.63, 3.8) is 0 Å². The number of carbonyl (C=O) groups is 3. The predicted octanol–water partition coefficient (Wildman–Crippen LogP) is 1.83. The molecular formula is C23H35N3O7. The molecule has 1 heterocycles. The molecule has 10 heteroatoms. The van der Waals surface area contributed by atoms with E-state index >= 15 is 0 Å². The highest BCUT2D eigenvalue weighted by atomic mass is 16.6. The molecule has 1 aromatic heterocycles. The van der Waals surface area contributed by atoms with Crippen molar-refractivity contribution < 1.29 is 24.2 Å². The topological polar surface area (TPSA) is 139 Å². The molecule has 0 aromatic carbocycles. The number of ether oxygens (including phenoxy) is 1. The number of aromatic amines is 1. The molecule has 1 fully saturated rings. The van der Waals surface area contributed by atoms with Crippen LogP contribution in [0.2, 0.25) is 0 Å². The third-order valence-electron chi connectivity index (χ3n) is 5.73. The molecule has 0 radical (unpaired) electrons. The molecule has 0 saturated heterocycles. The fraction of sp³-hybridized carbons (Fsp3) is 0.696. The van der Waals surface area contributed by atoms with Crippen LogP contribution in [0.5, 0.6) is 0 Å². The van der Waals surface area contributed by atoms with Crippen molar-refractivity contribution in [2.75, 3.05) is 6.54 Å². The SMILES string of the molecule is Cc1cn(CC(=O)N(CCC(=O)OC(C)(C)C)[C@H](CC2CCCCC2)C(=O)O)c(=O)[nH]c1=O. The number of carboxylic acid groups (broad SMARTS) is 1. The Kier molecular flexibility index (Phi) is 9.01. The average Bonchev–Trinajstić information content (AvgIpc) is 2.70. The zero-order chi connectivity index (χ0) is 24.8. The largest absolute Gasteiger partial charge is 0.480 e. The van der Waals surface area contributed by atoms with Crippen LogP contribution in [0.1, 0.15) is 71.3 Å². The number of nitrogens with one attached hydrogen (secondary N) is 1. The monoisotopic (exact) mass is 465 g/mol. The first-order valence-corrected chi connectivity index (χ1v) is 11.4. The number of carboxylic acids is 1. The molecule has 1 aliphatic rings. The fourth-order valence-electron chi connectivity index (χ4n) is 4.13. The van der Waals surface area contributed by atoms with Gasteiger partial charge in [0.25, 0.3) is 5.56 Å². The van der Waals surface area contributed by atoms with Gasteiger partial charge < -0.3 is 14.7 Å². The highest BCUT2D eigenvalue weighted by Crippen LogP contribution is 2.29. The Labute approximate surface area is 192 Å². The molecule has 0 aliphatic heterocycles. The van der Waals surface area contributed by atoms with Crippen LogP contribution < -0.4 is 11.2 Å². The Balaban J connectivity index is 2.27. The molecule has 0 spiro atoms.